The van der Waals surface area contributed by atoms with Crippen molar-refractivity contribution < 1.29 is 5.11 Å². The zero-order valence-corrected chi connectivity index (χ0v) is 8.79. The molecule has 3 heteroatoms. The third kappa shape index (κ3) is 4.60. The van der Waals surface area contributed by atoms with E-state index in [2.05, 4.69) is 17.3 Å². The third-order valence-electron chi connectivity index (χ3n) is 2.68. The highest BCUT2D eigenvalue weighted by Crippen LogP contribution is 2.29. The maximum Gasteiger partial charge on any atom is 0.0446 e. The Labute approximate surface area is 81.1 Å². The Morgan fingerprint density at radius 1 is 1.54 bits per heavy atom. The molecule has 0 bridgehead atoms. The number of nitrogens with zero attached hydrogens (tertiary/aromatic N) is 1. The molecule has 0 aromatic heterocycles. The SMILES string of the molecule is CNC(CCO)CN(C)CC1CC1. The summed E-state index contributed by atoms with van der Waals surface area (Å²) in [6.07, 6.45) is 3.68. The van der Waals surface area contributed by atoms with E-state index in [1.165, 1.54) is 19.4 Å². The van der Waals surface area contributed by atoms with Crippen LogP contribution in [0.25, 0.3) is 0 Å². The summed E-state index contributed by atoms with van der Waals surface area (Å²) >= 11 is 0. The van der Waals surface area contributed by atoms with Crippen LogP contribution < -0.4 is 5.32 Å². The summed E-state index contributed by atoms with van der Waals surface area (Å²) in [5.41, 5.74) is 0. The first kappa shape index (κ1) is 11.0. The molecule has 0 heterocycles. The van der Waals surface area contributed by atoms with Gasteiger partial charge >= 0.3 is 0 Å². The van der Waals surface area contributed by atoms with Crippen LogP contribution in [0.3, 0.4) is 0 Å². The molecule has 0 aromatic carbocycles. The van der Waals surface area contributed by atoms with Crippen molar-refractivity contribution in [1.82, 2.24) is 10.2 Å². The summed E-state index contributed by atoms with van der Waals surface area (Å²) < 4.78 is 0. The minimum atomic E-state index is 0.281. The Balaban J connectivity index is 2.10. The molecule has 1 fully saturated rings. The van der Waals surface area contributed by atoms with E-state index < -0.39 is 0 Å². The molecule has 1 atom stereocenters. The highest BCUT2D eigenvalue weighted by molar-refractivity contribution is 4.78. The first-order valence-electron chi connectivity index (χ1n) is 5.23. The van der Waals surface area contributed by atoms with E-state index >= 15 is 0 Å². The van der Waals surface area contributed by atoms with Gasteiger partial charge in [-0.25, -0.2) is 0 Å². The average molecular weight is 186 g/mol. The van der Waals surface area contributed by atoms with Crippen LogP contribution in [0.15, 0.2) is 0 Å². The van der Waals surface area contributed by atoms with Crippen molar-refractivity contribution in [2.75, 3.05) is 33.8 Å². The van der Waals surface area contributed by atoms with Gasteiger partial charge in [0.25, 0.3) is 0 Å². The summed E-state index contributed by atoms with van der Waals surface area (Å²) in [6, 6.07) is 0.439. The molecule has 0 radical (unpaired) electrons. The number of nitrogens with one attached hydrogen (secondary N) is 1. The average Bonchev–Trinajstić information content (AvgIpc) is 2.87. The molecule has 1 saturated carbocycles. The smallest absolute Gasteiger partial charge is 0.0446 e. The molecule has 13 heavy (non-hydrogen) atoms. The second-order valence-corrected chi connectivity index (χ2v) is 4.16. The van der Waals surface area contributed by atoms with Crippen molar-refractivity contribution >= 4 is 0 Å². The highest BCUT2D eigenvalue weighted by Gasteiger charge is 2.23. The van der Waals surface area contributed by atoms with Gasteiger partial charge < -0.3 is 15.3 Å². The molecule has 3 nitrogen and oxygen atoms in total. The first-order valence-corrected chi connectivity index (χ1v) is 5.23. The van der Waals surface area contributed by atoms with Gasteiger partial charge in [0, 0.05) is 25.7 Å². The van der Waals surface area contributed by atoms with Gasteiger partial charge in [-0.15, -0.1) is 0 Å². The van der Waals surface area contributed by atoms with Gasteiger partial charge in [0.05, 0.1) is 0 Å². The van der Waals surface area contributed by atoms with E-state index in [1.807, 2.05) is 7.05 Å². The zero-order valence-electron chi connectivity index (χ0n) is 8.79. The van der Waals surface area contributed by atoms with Crippen LogP contribution in [-0.2, 0) is 0 Å². The molecule has 0 amide bonds. The van der Waals surface area contributed by atoms with E-state index in [9.17, 15) is 0 Å². The lowest BCUT2D eigenvalue weighted by Gasteiger charge is -2.23. The predicted octanol–water partition coefficient (Wildman–Crippen LogP) is 0.299. The Morgan fingerprint density at radius 3 is 2.69 bits per heavy atom. The number of rotatable bonds is 7. The van der Waals surface area contributed by atoms with Crippen LogP contribution in [-0.4, -0.2) is 49.8 Å². The Bertz CT molecular complexity index is 137. The summed E-state index contributed by atoms with van der Waals surface area (Å²) in [6.45, 7) is 2.56. The maximum absolute atomic E-state index is 8.82. The predicted molar refractivity (Wildman–Crippen MR) is 54.8 cm³/mol. The molecule has 1 aliphatic rings. The maximum atomic E-state index is 8.82. The summed E-state index contributed by atoms with van der Waals surface area (Å²) in [5, 5.41) is 12.0. The monoisotopic (exact) mass is 186 g/mol. The van der Waals surface area contributed by atoms with Gasteiger partial charge in [-0.05, 0) is 39.3 Å². The molecule has 1 rings (SSSR count). The van der Waals surface area contributed by atoms with E-state index in [-0.39, 0.29) is 6.61 Å². The van der Waals surface area contributed by atoms with E-state index in [0.717, 1.165) is 18.9 Å². The van der Waals surface area contributed by atoms with Crippen LogP contribution in [0, 0.1) is 5.92 Å². The van der Waals surface area contributed by atoms with Gasteiger partial charge in [0.1, 0.15) is 0 Å². The lowest BCUT2D eigenvalue weighted by molar-refractivity contribution is 0.230. The Kier molecular flexibility index (Phi) is 4.70. The van der Waals surface area contributed by atoms with Gasteiger partial charge in [-0.3, -0.25) is 0 Å². The quantitative estimate of drug-likeness (QED) is 0.600. The van der Waals surface area contributed by atoms with Gasteiger partial charge in [-0.2, -0.15) is 0 Å². The van der Waals surface area contributed by atoms with Crippen LogP contribution in [0.1, 0.15) is 19.3 Å². The summed E-state index contributed by atoms with van der Waals surface area (Å²) in [5.74, 6) is 0.955. The Hall–Kier alpha value is -0.120. The number of aliphatic hydroxyl groups is 1. The van der Waals surface area contributed by atoms with Crippen LogP contribution in [0.5, 0.6) is 0 Å². The minimum absolute atomic E-state index is 0.281. The van der Waals surface area contributed by atoms with Gasteiger partial charge in [0.2, 0.25) is 0 Å². The molecule has 1 unspecified atom stereocenters. The number of hydrogen-bond donors (Lipinski definition) is 2. The number of hydrogen-bond acceptors (Lipinski definition) is 3. The lowest BCUT2D eigenvalue weighted by Crippen LogP contribution is -2.39. The van der Waals surface area contributed by atoms with Crippen molar-refractivity contribution in [3.05, 3.63) is 0 Å². The van der Waals surface area contributed by atoms with Crippen molar-refractivity contribution in [1.29, 1.82) is 0 Å². The standard InChI is InChI=1S/C10H22N2O/c1-11-10(5-6-13)8-12(2)7-9-3-4-9/h9-11,13H,3-8H2,1-2H3. The zero-order chi connectivity index (χ0) is 9.68. The molecular formula is C10H22N2O. The molecule has 0 aromatic rings. The lowest BCUT2D eigenvalue weighted by atomic mass is 10.2. The minimum Gasteiger partial charge on any atom is -0.396 e. The van der Waals surface area contributed by atoms with E-state index in [0.29, 0.717) is 6.04 Å². The fraction of sp³-hybridized carbons (Fsp3) is 1.00. The molecule has 0 aliphatic heterocycles. The third-order valence-corrected chi connectivity index (χ3v) is 2.68. The molecular weight excluding hydrogens is 164 g/mol. The van der Waals surface area contributed by atoms with Crippen molar-refractivity contribution in [2.24, 2.45) is 5.92 Å². The normalized spacial score (nSPS) is 19.4. The first-order chi connectivity index (χ1) is 6.26. The van der Waals surface area contributed by atoms with Crippen molar-refractivity contribution in [2.45, 2.75) is 25.3 Å². The Morgan fingerprint density at radius 2 is 2.23 bits per heavy atom. The molecule has 1 aliphatic carbocycles. The largest absolute Gasteiger partial charge is 0.396 e. The van der Waals surface area contributed by atoms with Gasteiger partial charge in [0.15, 0.2) is 0 Å². The fourth-order valence-corrected chi connectivity index (χ4v) is 1.67. The van der Waals surface area contributed by atoms with E-state index in [4.69, 9.17) is 5.11 Å². The second kappa shape index (κ2) is 5.58. The molecule has 0 saturated heterocycles. The number of aliphatic hydroxyl groups excluding tert-OH is 1. The number of likely N-dealkylation sites (N-methyl/N-ethyl adjacent to an activating group) is 2. The topological polar surface area (TPSA) is 35.5 Å². The van der Waals surface area contributed by atoms with Crippen LogP contribution in [0.4, 0.5) is 0 Å². The van der Waals surface area contributed by atoms with Crippen molar-refractivity contribution in [3.8, 4) is 0 Å². The summed E-state index contributed by atoms with van der Waals surface area (Å²) in [7, 11) is 4.13. The highest BCUT2D eigenvalue weighted by atomic mass is 16.3. The van der Waals surface area contributed by atoms with Crippen LogP contribution >= 0.6 is 0 Å². The van der Waals surface area contributed by atoms with E-state index in [1.54, 1.807) is 0 Å². The second-order valence-electron chi connectivity index (χ2n) is 4.16. The van der Waals surface area contributed by atoms with Crippen LogP contribution in [0.2, 0.25) is 0 Å². The molecule has 0 spiro atoms. The van der Waals surface area contributed by atoms with Gasteiger partial charge in [-0.1, -0.05) is 0 Å². The fourth-order valence-electron chi connectivity index (χ4n) is 1.67. The van der Waals surface area contributed by atoms with Crippen molar-refractivity contribution in [3.63, 3.8) is 0 Å². The molecule has 78 valence electrons. The summed E-state index contributed by atoms with van der Waals surface area (Å²) in [4.78, 5) is 2.37. The molecule has 2 N–H and O–H groups in total.